The van der Waals surface area contributed by atoms with Crippen molar-refractivity contribution in [2.24, 2.45) is 0 Å². The van der Waals surface area contributed by atoms with E-state index >= 15 is 0 Å². The van der Waals surface area contributed by atoms with E-state index in [-0.39, 0.29) is 17.1 Å². The number of carbonyl (C=O) groups excluding carboxylic acids is 1. The lowest BCUT2D eigenvalue weighted by Gasteiger charge is -2.10. The smallest absolute Gasteiger partial charge is 0.263 e. The summed E-state index contributed by atoms with van der Waals surface area (Å²) in [5, 5.41) is 13.2. The number of aryl methyl sites for hydroxylation is 2. The number of thiophene rings is 1. The second kappa shape index (κ2) is 9.36. The Labute approximate surface area is 197 Å². The maximum absolute atomic E-state index is 13.0. The first-order valence-electron chi connectivity index (χ1n) is 10.0. The Morgan fingerprint density at radius 3 is 2.69 bits per heavy atom. The van der Waals surface area contributed by atoms with Crippen LogP contribution in [0.4, 0.5) is 0 Å². The lowest BCUT2D eigenvalue weighted by molar-refractivity contribution is -0.116. The van der Waals surface area contributed by atoms with E-state index in [1.54, 1.807) is 4.57 Å². The molecule has 9 heteroatoms. The van der Waals surface area contributed by atoms with Crippen molar-refractivity contribution in [1.29, 1.82) is 5.26 Å². The summed E-state index contributed by atoms with van der Waals surface area (Å²) in [5.41, 5.74) is 2.57. The van der Waals surface area contributed by atoms with Crippen molar-refractivity contribution in [2.75, 3.05) is 5.75 Å². The number of hydrogen-bond acceptors (Lipinski definition) is 8. The van der Waals surface area contributed by atoms with E-state index in [0.717, 1.165) is 21.7 Å². The Kier molecular flexibility index (Phi) is 6.55. The zero-order valence-corrected chi connectivity index (χ0v) is 20.2. The van der Waals surface area contributed by atoms with Crippen molar-refractivity contribution < 1.29 is 4.79 Å². The quantitative estimate of drug-likeness (QED) is 0.267. The molecule has 162 valence electrons. The van der Waals surface area contributed by atoms with Gasteiger partial charge in [-0.15, -0.1) is 22.7 Å². The molecule has 0 radical (unpaired) electrons. The minimum Gasteiger partial charge on any atom is -0.297 e. The number of fused-ring (bicyclic) bond motifs is 1. The molecule has 1 atom stereocenters. The van der Waals surface area contributed by atoms with Crippen molar-refractivity contribution >= 4 is 50.4 Å². The second-order valence-corrected chi connectivity index (χ2v) is 10.2. The second-order valence-electron chi connectivity index (χ2n) is 7.16. The standard InChI is InChI=1S/C23H20N4O2S3/c1-4-27-22(29)19-13(2)14(3)32-21(19)26-23(27)31-12-18(28)16(10-24)20-25-17(11-30-20)15-8-6-5-7-9-15/h5-9,11,16H,4,12H2,1-3H3. The van der Waals surface area contributed by atoms with Crippen molar-refractivity contribution in [3.8, 4) is 17.3 Å². The molecule has 0 fully saturated rings. The van der Waals surface area contributed by atoms with Gasteiger partial charge in [0.25, 0.3) is 5.56 Å². The molecule has 0 bridgehead atoms. The number of nitrogens with zero attached hydrogens (tertiary/aromatic N) is 4. The fraction of sp³-hybridized carbons (Fsp3) is 0.261. The Balaban J connectivity index is 1.57. The summed E-state index contributed by atoms with van der Waals surface area (Å²) in [4.78, 5) is 36.8. The van der Waals surface area contributed by atoms with Crippen molar-refractivity contribution in [2.45, 2.75) is 38.4 Å². The molecular formula is C23H20N4O2S3. The topological polar surface area (TPSA) is 88.6 Å². The predicted molar refractivity (Wildman–Crippen MR) is 131 cm³/mol. The van der Waals surface area contributed by atoms with Crippen LogP contribution in [0.15, 0.2) is 45.7 Å². The maximum Gasteiger partial charge on any atom is 0.263 e. The third-order valence-electron chi connectivity index (χ3n) is 5.20. The number of benzene rings is 1. The third kappa shape index (κ3) is 4.13. The highest BCUT2D eigenvalue weighted by atomic mass is 32.2. The summed E-state index contributed by atoms with van der Waals surface area (Å²) >= 11 is 4.00. The molecular weight excluding hydrogens is 460 g/mol. The number of hydrogen-bond donors (Lipinski definition) is 0. The molecule has 0 aliphatic heterocycles. The van der Waals surface area contributed by atoms with Crippen LogP contribution in [0.2, 0.25) is 0 Å². The van der Waals surface area contributed by atoms with Crippen LogP contribution in [0.3, 0.4) is 0 Å². The zero-order valence-electron chi connectivity index (χ0n) is 17.8. The molecule has 0 N–H and O–H groups in total. The summed E-state index contributed by atoms with van der Waals surface area (Å²) in [5.74, 6) is -1.15. The normalized spacial score (nSPS) is 12.1. The van der Waals surface area contributed by atoms with Crippen LogP contribution in [0.25, 0.3) is 21.5 Å². The van der Waals surface area contributed by atoms with Gasteiger partial charge in [-0.05, 0) is 26.3 Å². The van der Waals surface area contributed by atoms with Gasteiger partial charge in [0.2, 0.25) is 0 Å². The molecule has 0 amide bonds. The van der Waals surface area contributed by atoms with Crippen LogP contribution < -0.4 is 5.56 Å². The number of carbonyl (C=O) groups is 1. The lowest BCUT2D eigenvalue weighted by Crippen LogP contribution is -2.23. The monoisotopic (exact) mass is 480 g/mol. The van der Waals surface area contributed by atoms with Gasteiger partial charge in [-0.25, -0.2) is 9.97 Å². The molecule has 32 heavy (non-hydrogen) atoms. The van der Waals surface area contributed by atoms with Gasteiger partial charge in [0.1, 0.15) is 9.84 Å². The van der Waals surface area contributed by atoms with Gasteiger partial charge in [-0.1, -0.05) is 42.1 Å². The van der Waals surface area contributed by atoms with Crippen molar-refractivity contribution in [3.05, 3.63) is 61.5 Å². The summed E-state index contributed by atoms with van der Waals surface area (Å²) in [6.45, 7) is 6.25. The van der Waals surface area contributed by atoms with Crippen LogP contribution >= 0.6 is 34.4 Å². The SMILES string of the molecule is CCn1c(SCC(=O)C(C#N)c2nc(-c3ccccc3)cs2)nc2sc(C)c(C)c2c1=O. The van der Waals surface area contributed by atoms with Crippen LogP contribution in [0.5, 0.6) is 0 Å². The molecule has 3 aromatic heterocycles. The number of thiazole rings is 1. The van der Waals surface area contributed by atoms with Crippen LogP contribution in [0, 0.1) is 25.2 Å². The number of thioether (sulfide) groups is 1. The van der Waals surface area contributed by atoms with E-state index in [4.69, 9.17) is 0 Å². The Morgan fingerprint density at radius 2 is 2.00 bits per heavy atom. The van der Waals surface area contributed by atoms with Gasteiger partial charge < -0.3 is 0 Å². The highest BCUT2D eigenvalue weighted by Gasteiger charge is 2.25. The molecule has 0 saturated heterocycles. The van der Waals surface area contributed by atoms with E-state index in [9.17, 15) is 14.9 Å². The fourth-order valence-electron chi connectivity index (χ4n) is 3.34. The number of ketones is 1. The van der Waals surface area contributed by atoms with Crippen LogP contribution in [-0.2, 0) is 11.3 Å². The largest absolute Gasteiger partial charge is 0.297 e. The van der Waals surface area contributed by atoms with Gasteiger partial charge in [-0.3, -0.25) is 14.2 Å². The minimum atomic E-state index is -0.943. The third-order valence-corrected chi connectivity index (χ3v) is 8.21. The predicted octanol–water partition coefficient (Wildman–Crippen LogP) is 5.19. The zero-order chi connectivity index (χ0) is 22.8. The summed E-state index contributed by atoms with van der Waals surface area (Å²) in [6.07, 6.45) is 0. The maximum atomic E-state index is 13.0. The first-order valence-corrected chi connectivity index (χ1v) is 12.7. The Bertz CT molecular complexity index is 1400. The molecule has 0 aliphatic carbocycles. The lowest BCUT2D eigenvalue weighted by atomic mass is 10.1. The molecule has 0 aliphatic rings. The number of Topliss-reactive ketones (excluding diaryl/α,β-unsaturated/α-hetero) is 1. The van der Waals surface area contributed by atoms with E-state index in [1.807, 2.05) is 56.5 Å². The molecule has 4 aromatic rings. The summed E-state index contributed by atoms with van der Waals surface area (Å²) in [6, 6.07) is 11.8. The summed E-state index contributed by atoms with van der Waals surface area (Å²) in [7, 11) is 0. The van der Waals surface area contributed by atoms with Crippen LogP contribution in [0.1, 0.15) is 28.3 Å². The molecule has 1 unspecified atom stereocenters. The van der Waals surface area contributed by atoms with Gasteiger partial charge in [0.15, 0.2) is 16.9 Å². The highest BCUT2D eigenvalue weighted by molar-refractivity contribution is 7.99. The number of nitriles is 1. The minimum absolute atomic E-state index is 0.0414. The molecule has 0 spiro atoms. The van der Waals surface area contributed by atoms with Crippen molar-refractivity contribution in [3.63, 3.8) is 0 Å². The average molecular weight is 481 g/mol. The van der Waals surface area contributed by atoms with Gasteiger partial charge >= 0.3 is 0 Å². The van der Waals surface area contributed by atoms with Gasteiger partial charge in [0, 0.05) is 22.4 Å². The first-order chi connectivity index (χ1) is 15.4. The first kappa shape index (κ1) is 22.4. The number of rotatable bonds is 7. The average Bonchev–Trinajstić information content (AvgIpc) is 3.38. The Hall–Kier alpha value is -2.80. The van der Waals surface area contributed by atoms with E-state index < -0.39 is 5.92 Å². The molecule has 1 aromatic carbocycles. The van der Waals surface area contributed by atoms with E-state index in [0.29, 0.717) is 26.9 Å². The van der Waals surface area contributed by atoms with Crippen molar-refractivity contribution in [1.82, 2.24) is 14.5 Å². The van der Waals surface area contributed by atoms with Crippen LogP contribution in [-0.4, -0.2) is 26.1 Å². The molecule has 6 nitrogen and oxygen atoms in total. The number of aromatic nitrogens is 3. The molecule has 4 rings (SSSR count). The fourth-order valence-corrected chi connectivity index (χ4v) is 6.28. The van der Waals surface area contributed by atoms with E-state index in [1.165, 1.54) is 34.4 Å². The Morgan fingerprint density at radius 1 is 1.25 bits per heavy atom. The van der Waals surface area contributed by atoms with Gasteiger partial charge in [0.05, 0.1) is 22.9 Å². The van der Waals surface area contributed by atoms with Gasteiger partial charge in [-0.2, -0.15) is 5.26 Å². The highest BCUT2D eigenvalue weighted by Crippen LogP contribution is 2.30. The molecule has 0 saturated carbocycles. The summed E-state index contributed by atoms with van der Waals surface area (Å²) < 4.78 is 1.59. The van der Waals surface area contributed by atoms with E-state index in [2.05, 4.69) is 16.0 Å². The molecule has 3 heterocycles.